The van der Waals surface area contributed by atoms with Gasteiger partial charge in [-0.2, -0.15) is 0 Å². The Bertz CT molecular complexity index is 2320. The second-order valence-electron chi connectivity index (χ2n) is 17.8. The summed E-state index contributed by atoms with van der Waals surface area (Å²) in [6.45, 7) is 5.22. The molecule has 5 N–H and O–H groups in total. The Morgan fingerprint density at radius 2 is 1.09 bits per heavy atom. The monoisotopic (exact) mass is 1050 g/mol. The fourth-order valence-corrected chi connectivity index (χ4v) is 7.63. The fourth-order valence-electron chi connectivity index (χ4n) is 7.63. The number of amides is 2. The maximum absolute atomic E-state index is 14.6. The van der Waals surface area contributed by atoms with Crippen LogP contribution in [-0.4, -0.2) is 121 Å². The molecule has 2 amide bonds. The van der Waals surface area contributed by atoms with Crippen molar-refractivity contribution >= 4 is 48.4 Å². The summed E-state index contributed by atoms with van der Waals surface area (Å²) in [6.07, 6.45) is -0.853. The number of hydrogen-bond donors (Lipinski definition) is 4. The van der Waals surface area contributed by atoms with Crippen molar-refractivity contribution in [1.29, 1.82) is 5.31 Å². The van der Waals surface area contributed by atoms with Crippen LogP contribution in [0.5, 0.6) is 5.75 Å². The van der Waals surface area contributed by atoms with Crippen molar-refractivity contribution in [2.45, 2.75) is 96.4 Å². The van der Waals surface area contributed by atoms with Gasteiger partial charge in [0, 0.05) is 33.1 Å². The smallest absolute Gasteiger partial charge is 0.489 e. The molecule has 0 saturated heterocycles. The van der Waals surface area contributed by atoms with E-state index < -0.39 is 65.7 Å². The number of nitrogens with one attached hydrogen (secondary N) is 3. The Kier molecular flexibility index (Phi) is 32.4. The first-order chi connectivity index (χ1) is 36.8. The number of benzene rings is 4. The first-order valence-corrected chi connectivity index (χ1v) is 25.5. The van der Waals surface area contributed by atoms with Crippen molar-refractivity contribution in [1.82, 2.24) is 10.6 Å². The normalized spacial score (nSPS) is 12.3. The second-order valence-corrected chi connectivity index (χ2v) is 17.8. The Morgan fingerprint density at radius 1 is 0.553 bits per heavy atom. The Hall–Kier alpha value is -6.77. The molecular formula is C57H75BN4O14. The molecule has 4 aromatic rings. The number of methoxy groups -OCH3 is 2. The van der Waals surface area contributed by atoms with Crippen LogP contribution in [0.2, 0.25) is 0 Å². The van der Waals surface area contributed by atoms with E-state index in [1.54, 1.807) is 67.8 Å². The van der Waals surface area contributed by atoms with Crippen LogP contribution in [-0.2, 0) is 88.0 Å². The van der Waals surface area contributed by atoms with Crippen LogP contribution in [0.25, 0.3) is 0 Å². The van der Waals surface area contributed by atoms with Crippen LogP contribution in [0, 0.1) is 17.1 Å². The van der Waals surface area contributed by atoms with E-state index in [0.29, 0.717) is 65.6 Å². The quantitative estimate of drug-likeness (QED) is 0.0227. The third-order valence-electron chi connectivity index (χ3n) is 11.7. The van der Waals surface area contributed by atoms with Crippen molar-refractivity contribution in [2.75, 3.05) is 60.4 Å². The number of ether oxygens (including phenoxy) is 6. The molecule has 0 radical (unpaired) electrons. The van der Waals surface area contributed by atoms with E-state index in [1.165, 1.54) is 14.0 Å². The third kappa shape index (κ3) is 27.7. The van der Waals surface area contributed by atoms with Crippen LogP contribution in [0.1, 0.15) is 80.5 Å². The van der Waals surface area contributed by atoms with E-state index in [4.69, 9.17) is 39.5 Å². The summed E-state index contributed by atoms with van der Waals surface area (Å²) < 4.78 is 36.2. The molecule has 4 rings (SSSR count). The van der Waals surface area contributed by atoms with Gasteiger partial charge in [0.15, 0.2) is 0 Å². The van der Waals surface area contributed by atoms with Crippen LogP contribution >= 0.6 is 0 Å². The molecule has 0 heterocycles. The van der Waals surface area contributed by atoms with Crippen molar-refractivity contribution in [3.05, 3.63) is 138 Å². The number of carbonyl (C=O) groups excluding carboxylic acids is 7. The number of nitrogens with two attached hydrogens (primary N) is 1. The van der Waals surface area contributed by atoms with E-state index in [9.17, 15) is 33.6 Å². The molecular weight excluding hydrogens is 975 g/mol. The van der Waals surface area contributed by atoms with E-state index >= 15 is 0 Å². The first kappa shape index (κ1) is 63.5. The van der Waals surface area contributed by atoms with Crippen molar-refractivity contribution in [2.24, 2.45) is 17.6 Å². The summed E-state index contributed by atoms with van der Waals surface area (Å²) in [5, 5.41) is 12.7. The molecule has 0 saturated carbocycles. The van der Waals surface area contributed by atoms with Crippen LogP contribution in [0.3, 0.4) is 0 Å². The molecule has 0 aliphatic carbocycles. The van der Waals surface area contributed by atoms with Gasteiger partial charge < -0.3 is 29.5 Å². The fraction of sp³-hybridized carbons (Fsp3) is 0.456. The maximum atomic E-state index is 14.6. The minimum absolute atomic E-state index is 0.00807. The average molecular weight is 1050 g/mol. The van der Waals surface area contributed by atoms with Gasteiger partial charge in [0.05, 0.1) is 19.8 Å². The zero-order valence-corrected chi connectivity index (χ0v) is 44.1. The number of ketones is 3. The van der Waals surface area contributed by atoms with Crippen LogP contribution < -0.4 is 21.1 Å². The number of rotatable bonds is 38. The molecule has 0 aromatic heterocycles. The molecule has 0 fully saturated rings. The zero-order valence-electron chi connectivity index (χ0n) is 44.1. The predicted octanol–water partition coefficient (Wildman–Crippen LogP) is 6.04. The van der Waals surface area contributed by atoms with Gasteiger partial charge in [-0.1, -0.05) is 103 Å². The summed E-state index contributed by atoms with van der Waals surface area (Å²) in [5.74, 6) is -5.19. The second kappa shape index (κ2) is 38.7. The molecule has 410 valence electrons. The number of carbonyl (C=O) groups is 7. The number of hydrogen-bond acceptors (Lipinski definition) is 16. The van der Waals surface area contributed by atoms with Crippen LogP contribution in [0.4, 0.5) is 0 Å². The summed E-state index contributed by atoms with van der Waals surface area (Å²) in [7, 11) is 3.66. The van der Waals surface area contributed by atoms with Crippen LogP contribution in [0.15, 0.2) is 115 Å². The van der Waals surface area contributed by atoms with Gasteiger partial charge in [0.25, 0.3) is 0 Å². The molecule has 0 aliphatic heterocycles. The van der Waals surface area contributed by atoms with Gasteiger partial charge in [-0.25, -0.2) is 0 Å². The molecule has 18 nitrogen and oxygen atoms in total. The molecule has 0 aliphatic rings. The molecule has 0 bridgehead atoms. The third-order valence-corrected chi connectivity index (χ3v) is 11.7. The van der Waals surface area contributed by atoms with Crippen molar-refractivity contribution in [3.63, 3.8) is 0 Å². The molecule has 0 unspecified atom stereocenters. The van der Waals surface area contributed by atoms with E-state index in [1.807, 2.05) is 54.6 Å². The van der Waals surface area contributed by atoms with Gasteiger partial charge in [0.1, 0.15) is 24.7 Å². The minimum Gasteiger partial charge on any atom is -0.489 e. The topological polar surface area (TPSA) is 258 Å². The summed E-state index contributed by atoms with van der Waals surface area (Å²) >= 11 is 0. The number of Topliss-reactive ketones (excluding diaryl/α,β-unsaturated/α-hetero) is 3. The Morgan fingerprint density at radius 3 is 1.67 bits per heavy atom. The molecule has 76 heavy (non-hydrogen) atoms. The van der Waals surface area contributed by atoms with Crippen molar-refractivity contribution < 1.29 is 66.6 Å². The van der Waals surface area contributed by atoms with Gasteiger partial charge >= 0.3 is 180 Å². The van der Waals surface area contributed by atoms with E-state index in [2.05, 4.69) is 15.3 Å². The standard InChI is InChI=1S/C52H62BN3O12.C5H13NO2/c1-37(57)31-43(32-39-20-23-44(24-21-39)66-35-40-15-8-4-9-16-40)52(63)56-46(33-38-13-6-3-7-14-38)48(59)34-42(22-26-49(60)67-36-41-17-10-5-11-18-41)51(62)55-45(25-27-50(61)68-53-54)47(58)19-12-28-65-30-29-64-2;1-7-4-5-8-3-2-6/h3-11,13-18,20-21,23-24,42-43,45-46,54H,12,19,22,25-36H2,1-2H3,(H,55,62)(H,56,63);2-6H2,1H3/t42-,43+,45-,46-;/m1./s1. The summed E-state index contributed by atoms with van der Waals surface area (Å²) in [6, 6.07) is 32.7. The SMILES string of the molecule is COCCOCCCC(=O)[C@@H](CCC(=O)OB=N)NC(=O)[C@H](CCC(=O)OCc1ccccc1)CC(=O)[C@@H](Cc1ccccc1)NC(=O)[C@@H](CC(C)=O)Cc1ccc(OCc2ccccc2)cc1.COCCOCCN. The Balaban J connectivity index is 0.00000175. The van der Waals surface area contributed by atoms with Gasteiger partial charge in [-0.05, 0) is 47.7 Å². The average Bonchev–Trinajstić information content (AvgIpc) is 3.42. The molecule has 4 aromatic carbocycles. The first-order valence-electron chi connectivity index (χ1n) is 25.5. The van der Waals surface area contributed by atoms with E-state index in [-0.39, 0.29) is 70.4 Å². The number of esters is 1. The molecule has 19 heteroatoms. The van der Waals surface area contributed by atoms with E-state index in [0.717, 1.165) is 22.3 Å². The summed E-state index contributed by atoms with van der Waals surface area (Å²) in [5.41, 5.74) is 8.40. The predicted molar refractivity (Wildman–Crippen MR) is 285 cm³/mol. The summed E-state index contributed by atoms with van der Waals surface area (Å²) in [4.78, 5) is 94.5. The molecule has 0 spiro atoms. The zero-order chi connectivity index (χ0) is 55.2. The van der Waals surface area contributed by atoms with Gasteiger partial charge in [-0.15, -0.1) is 0 Å². The van der Waals surface area contributed by atoms with Gasteiger partial charge in [0.2, 0.25) is 5.91 Å². The minimum atomic E-state index is -1.18. The van der Waals surface area contributed by atoms with Gasteiger partial charge in [-0.3, -0.25) is 4.79 Å². The van der Waals surface area contributed by atoms with Crippen molar-refractivity contribution in [3.8, 4) is 5.75 Å². The molecule has 4 atom stereocenters. The Labute approximate surface area is 447 Å².